The van der Waals surface area contributed by atoms with Crippen LogP contribution in [0.2, 0.25) is 0 Å². The minimum atomic E-state index is -0.0515. The maximum absolute atomic E-state index is 13.8. The van der Waals surface area contributed by atoms with Crippen LogP contribution in [0.3, 0.4) is 0 Å². The molecule has 2 aliphatic heterocycles. The lowest BCUT2D eigenvalue weighted by molar-refractivity contribution is -0.132. The Kier molecular flexibility index (Phi) is 6.82. The number of aryl methyl sites for hydroxylation is 2. The third-order valence-corrected chi connectivity index (χ3v) is 8.78. The normalized spacial score (nSPS) is 21.6. The number of amides is 2. The van der Waals surface area contributed by atoms with Crippen molar-refractivity contribution in [3.63, 3.8) is 0 Å². The van der Waals surface area contributed by atoms with Gasteiger partial charge in [-0.3, -0.25) is 19.2 Å². The standard InChI is InChI=1S/C30H38N6O2/c1-21-16-24(11-10-23(21)17-28(37)35-14-12-34(13-15-35)19-22-6-5-7-22)30(38)36-20-25-18-31-33(2)29(25)32-26-8-3-4-9-27(26)36/h3-4,8,10-11,16,18,22,27,32H,5-7,9,12-15,17,19-20H2,1-2H3. The van der Waals surface area contributed by atoms with Gasteiger partial charge in [0.15, 0.2) is 0 Å². The highest BCUT2D eigenvalue weighted by molar-refractivity contribution is 5.95. The van der Waals surface area contributed by atoms with Crippen LogP contribution in [0, 0.1) is 12.8 Å². The van der Waals surface area contributed by atoms with E-state index in [1.807, 2.05) is 65.0 Å². The molecule has 1 N–H and O–H groups in total. The Morgan fingerprint density at radius 2 is 1.95 bits per heavy atom. The molecule has 1 aromatic carbocycles. The second-order valence-electron chi connectivity index (χ2n) is 11.3. The topological polar surface area (TPSA) is 73.7 Å². The predicted molar refractivity (Wildman–Crippen MR) is 148 cm³/mol. The van der Waals surface area contributed by atoms with E-state index in [2.05, 4.69) is 21.4 Å². The number of rotatable bonds is 5. The van der Waals surface area contributed by atoms with Gasteiger partial charge in [-0.25, -0.2) is 0 Å². The zero-order valence-electron chi connectivity index (χ0n) is 22.5. The summed E-state index contributed by atoms with van der Waals surface area (Å²) in [5, 5.41) is 7.90. The predicted octanol–water partition coefficient (Wildman–Crippen LogP) is 3.50. The smallest absolute Gasteiger partial charge is 0.254 e. The summed E-state index contributed by atoms with van der Waals surface area (Å²) in [7, 11) is 1.91. The molecule has 2 amide bonds. The molecule has 38 heavy (non-hydrogen) atoms. The van der Waals surface area contributed by atoms with Crippen LogP contribution in [0.25, 0.3) is 0 Å². The number of hydrogen-bond donors (Lipinski definition) is 1. The molecule has 1 unspecified atom stereocenters. The number of aromatic nitrogens is 2. The summed E-state index contributed by atoms with van der Waals surface area (Å²) in [6.45, 7) is 7.28. The van der Waals surface area contributed by atoms with Crippen molar-refractivity contribution in [3.05, 3.63) is 70.6 Å². The Labute approximate surface area is 225 Å². The number of nitrogens with zero attached hydrogens (tertiary/aromatic N) is 5. The molecule has 6 rings (SSSR count). The third-order valence-electron chi connectivity index (χ3n) is 8.78. The van der Waals surface area contributed by atoms with E-state index in [0.29, 0.717) is 18.5 Å². The number of piperazine rings is 1. The van der Waals surface area contributed by atoms with E-state index in [-0.39, 0.29) is 17.9 Å². The van der Waals surface area contributed by atoms with Crippen molar-refractivity contribution in [1.29, 1.82) is 0 Å². The zero-order valence-corrected chi connectivity index (χ0v) is 22.5. The van der Waals surface area contributed by atoms with Crippen molar-refractivity contribution in [2.75, 3.05) is 38.0 Å². The number of benzene rings is 1. The van der Waals surface area contributed by atoms with Gasteiger partial charge in [0.1, 0.15) is 5.82 Å². The molecule has 4 aliphatic rings. The SMILES string of the molecule is Cc1cc(C(=O)N2Cc3cnn(C)c3NC3=CC=CCC32)ccc1CC(=O)N1CCN(CC2CCC2)CC1. The van der Waals surface area contributed by atoms with E-state index < -0.39 is 0 Å². The molecule has 2 aliphatic carbocycles. The van der Waals surface area contributed by atoms with Gasteiger partial charge in [-0.15, -0.1) is 0 Å². The first-order valence-corrected chi connectivity index (χ1v) is 14.0. The second-order valence-corrected chi connectivity index (χ2v) is 11.3. The first kappa shape index (κ1) is 24.9. The van der Waals surface area contributed by atoms with E-state index in [9.17, 15) is 9.59 Å². The fourth-order valence-electron chi connectivity index (χ4n) is 6.13. The maximum Gasteiger partial charge on any atom is 0.254 e. The van der Waals surface area contributed by atoms with Crippen molar-refractivity contribution in [1.82, 2.24) is 24.5 Å². The Bertz CT molecular complexity index is 1280. The quantitative estimate of drug-likeness (QED) is 0.661. The number of anilines is 1. The fraction of sp³-hybridized carbons (Fsp3) is 0.500. The van der Waals surface area contributed by atoms with Gasteiger partial charge in [0, 0.05) is 56.6 Å². The van der Waals surface area contributed by atoms with Crippen molar-refractivity contribution >= 4 is 17.6 Å². The molecule has 0 bridgehead atoms. The monoisotopic (exact) mass is 514 g/mol. The summed E-state index contributed by atoms with van der Waals surface area (Å²) in [6, 6.07) is 5.76. The van der Waals surface area contributed by atoms with Crippen LogP contribution < -0.4 is 5.32 Å². The molecule has 1 saturated heterocycles. The minimum absolute atomic E-state index is 0.00161. The maximum atomic E-state index is 13.8. The van der Waals surface area contributed by atoms with Gasteiger partial charge in [-0.2, -0.15) is 5.10 Å². The molecule has 0 spiro atoms. The molecular formula is C30H38N6O2. The van der Waals surface area contributed by atoms with Crippen LogP contribution in [0.5, 0.6) is 0 Å². The second kappa shape index (κ2) is 10.4. The molecule has 3 heterocycles. The van der Waals surface area contributed by atoms with Crippen molar-refractivity contribution in [3.8, 4) is 0 Å². The Hall–Kier alpha value is -3.39. The minimum Gasteiger partial charge on any atom is -0.342 e. The van der Waals surface area contributed by atoms with Gasteiger partial charge in [0.25, 0.3) is 5.91 Å². The number of nitrogens with one attached hydrogen (secondary N) is 1. The molecule has 2 aromatic rings. The summed E-state index contributed by atoms with van der Waals surface area (Å²) in [5.74, 6) is 1.98. The van der Waals surface area contributed by atoms with Gasteiger partial charge in [-0.05, 0) is 61.4 Å². The zero-order chi connectivity index (χ0) is 26.2. The van der Waals surface area contributed by atoms with Gasteiger partial charge in [0.2, 0.25) is 5.91 Å². The summed E-state index contributed by atoms with van der Waals surface area (Å²) in [6.07, 6.45) is 13.3. The highest BCUT2D eigenvalue weighted by atomic mass is 16.2. The lowest BCUT2D eigenvalue weighted by Crippen LogP contribution is -2.50. The largest absolute Gasteiger partial charge is 0.342 e. The summed E-state index contributed by atoms with van der Waals surface area (Å²) >= 11 is 0. The first-order chi connectivity index (χ1) is 18.5. The molecule has 0 radical (unpaired) electrons. The Morgan fingerprint density at radius 1 is 1.13 bits per heavy atom. The van der Waals surface area contributed by atoms with E-state index in [1.54, 1.807) is 0 Å². The van der Waals surface area contributed by atoms with Crippen molar-refractivity contribution in [2.24, 2.45) is 13.0 Å². The average molecular weight is 515 g/mol. The highest BCUT2D eigenvalue weighted by Crippen LogP contribution is 2.32. The third kappa shape index (κ3) is 4.89. The van der Waals surface area contributed by atoms with Crippen LogP contribution in [0.15, 0.2) is 48.3 Å². The Morgan fingerprint density at radius 3 is 2.68 bits per heavy atom. The van der Waals surface area contributed by atoms with Crippen LogP contribution in [0.1, 0.15) is 52.7 Å². The molecular weight excluding hydrogens is 476 g/mol. The Balaban J connectivity index is 1.12. The molecule has 1 atom stereocenters. The van der Waals surface area contributed by atoms with Gasteiger partial charge in [0.05, 0.1) is 25.2 Å². The molecule has 200 valence electrons. The summed E-state index contributed by atoms with van der Waals surface area (Å²) in [5.41, 5.74) is 4.65. The van der Waals surface area contributed by atoms with E-state index in [4.69, 9.17) is 0 Å². The van der Waals surface area contributed by atoms with Crippen LogP contribution in [-0.2, 0) is 24.8 Å². The number of carbonyl (C=O) groups is 2. The number of fused-ring (bicyclic) bond motifs is 2. The fourth-order valence-corrected chi connectivity index (χ4v) is 6.13. The highest BCUT2D eigenvalue weighted by Gasteiger charge is 2.33. The van der Waals surface area contributed by atoms with Gasteiger partial charge in [-0.1, -0.05) is 24.6 Å². The van der Waals surface area contributed by atoms with Crippen LogP contribution >= 0.6 is 0 Å². The number of carbonyl (C=O) groups excluding carboxylic acids is 2. The summed E-state index contributed by atoms with van der Waals surface area (Å²) < 4.78 is 1.82. The van der Waals surface area contributed by atoms with Crippen molar-refractivity contribution in [2.45, 2.75) is 51.6 Å². The summed E-state index contributed by atoms with van der Waals surface area (Å²) in [4.78, 5) is 33.4. The lowest BCUT2D eigenvalue weighted by atomic mass is 9.85. The molecule has 8 nitrogen and oxygen atoms in total. The van der Waals surface area contributed by atoms with E-state index >= 15 is 0 Å². The number of allylic oxidation sites excluding steroid dienone is 2. The van der Waals surface area contributed by atoms with Crippen LogP contribution in [-0.4, -0.2) is 75.1 Å². The van der Waals surface area contributed by atoms with Crippen molar-refractivity contribution < 1.29 is 9.59 Å². The van der Waals surface area contributed by atoms with E-state index in [0.717, 1.165) is 66.7 Å². The van der Waals surface area contributed by atoms with Gasteiger partial charge >= 0.3 is 0 Å². The van der Waals surface area contributed by atoms with Crippen LogP contribution in [0.4, 0.5) is 5.82 Å². The van der Waals surface area contributed by atoms with Gasteiger partial charge < -0.3 is 15.1 Å². The molecule has 8 heteroatoms. The molecule has 1 saturated carbocycles. The lowest BCUT2D eigenvalue weighted by Gasteiger charge is -2.38. The first-order valence-electron chi connectivity index (χ1n) is 14.0. The average Bonchev–Trinajstić information content (AvgIpc) is 3.15. The molecule has 2 fully saturated rings. The van der Waals surface area contributed by atoms with E-state index in [1.165, 1.54) is 25.8 Å². The molecule has 1 aromatic heterocycles. The number of hydrogen-bond acceptors (Lipinski definition) is 5.